The molecule has 0 bridgehead atoms. The molecule has 8 heteroatoms. The molecule has 3 aromatic carbocycles. The van der Waals surface area contributed by atoms with E-state index in [2.05, 4.69) is 36.5 Å². The Morgan fingerprint density at radius 1 is 0.816 bits per heavy atom. The molecule has 0 radical (unpaired) electrons. The van der Waals surface area contributed by atoms with Gasteiger partial charge in [-0.1, -0.05) is 45.0 Å². The minimum atomic E-state index is -0.677. The van der Waals surface area contributed by atoms with Crippen LogP contribution in [-0.4, -0.2) is 33.3 Å². The fourth-order valence-corrected chi connectivity index (χ4v) is 3.85. The molecule has 0 aliphatic heterocycles. The van der Waals surface area contributed by atoms with Crippen molar-refractivity contribution in [3.05, 3.63) is 89.6 Å². The van der Waals surface area contributed by atoms with Crippen LogP contribution in [0, 0.1) is 0 Å². The third-order valence-electron chi connectivity index (χ3n) is 5.83. The van der Waals surface area contributed by atoms with Gasteiger partial charge >= 0.3 is 6.09 Å². The smallest absolute Gasteiger partial charge is 0.435 e. The molecule has 2 amide bonds. The van der Waals surface area contributed by atoms with Crippen LogP contribution in [0.4, 0.5) is 16.2 Å². The van der Waals surface area contributed by atoms with Crippen molar-refractivity contribution in [3.63, 3.8) is 0 Å². The van der Waals surface area contributed by atoms with Gasteiger partial charge in [0.15, 0.2) is 0 Å². The summed E-state index contributed by atoms with van der Waals surface area (Å²) < 4.78 is 6.59. The molecule has 1 aromatic heterocycles. The second-order valence-electron chi connectivity index (χ2n) is 11.1. The van der Waals surface area contributed by atoms with Gasteiger partial charge in [-0.05, 0) is 74.2 Å². The van der Waals surface area contributed by atoms with E-state index in [0.717, 1.165) is 15.6 Å². The van der Waals surface area contributed by atoms with E-state index in [0.29, 0.717) is 28.0 Å². The van der Waals surface area contributed by atoms with E-state index in [4.69, 9.17) is 4.74 Å². The number of aromatic nitrogens is 2. The monoisotopic (exact) mass is 512 g/mol. The van der Waals surface area contributed by atoms with Crippen molar-refractivity contribution in [3.8, 4) is 0 Å². The Balaban J connectivity index is 1.53. The van der Waals surface area contributed by atoms with Crippen LogP contribution in [0.2, 0.25) is 0 Å². The van der Waals surface area contributed by atoms with Gasteiger partial charge in [-0.15, -0.1) is 0 Å². The van der Waals surface area contributed by atoms with Crippen molar-refractivity contribution >= 4 is 40.2 Å². The summed E-state index contributed by atoms with van der Waals surface area (Å²) in [5.41, 5.74) is 2.57. The van der Waals surface area contributed by atoms with Crippen molar-refractivity contribution in [2.24, 2.45) is 0 Å². The van der Waals surface area contributed by atoms with Gasteiger partial charge in [-0.25, -0.2) is 4.79 Å². The van der Waals surface area contributed by atoms with Crippen LogP contribution in [0.25, 0.3) is 10.9 Å². The highest BCUT2D eigenvalue weighted by atomic mass is 16.6. The van der Waals surface area contributed by atoms with Crippen LogP contribution >= 0.6 is 0 Å². The molecule has 4 aromatic rings. The van der Waals surface area contributed by atoms with Crippen molar-refractivity contribution in [1.82, 2.24) is 9.78 Å². The Morgan fingerprint density at radius 2 is 1.50 bits per heavy atom. The fourth-order valence-electron chi connectivity index (χ4n) is 3.85. The average Bonchev–Trinajstić information content (AvgIpc) is 3.26. The Labute approximate surface area is 222 Å². The molecule has 2 N–H and O–H groups in total. The molecule has 0 aliphatic carbocycles. The summed E-state index contributed by atoms with van der Waals surface area (Å²) in [6.07, 6.45) is 0.948. The first-order valence-electron chi connectivity index (χ1n) is 12.4. The number of rotatable bonds is 4. The quantitative estimate of drug-likeness (QED) is 0.320. The molecule has 0 saturated heterocycles. The van der Waals surface area contributed by atoms with Gasteiger partial charge in [-0.2, -0.15) is 9.78 Å². The molecule has 4 rings (SSSR count). The van der Waals surface area contributed by atoms with Crippen LogP contribution < -0.4 is 10.6 Å². The maximum Gasteiger partial charge on any atom is 0.435 e. The highest BCUT2D eigenvalue weighted by Crippen LogP contribution is 2.24. The van der Waals surface area contributed by atoms with Crippen molar-refractivity contribution in [2.75, 3.05) is 10.6 Å². The average molecular weight is 513 g/mol. The summed E-state index contributed by atoms with van der Waals surface area (Å²) in [5.74, 6) is -0.722. The summed E-state index contributed by atoms with van der Waals surface area (Å²) in [5, 5.41) is 10.6. The second-order valence-corrected chi connectivity index (χ2v) is 11.1. The second kappa shape index (κ2) is 10.1. The van der Waals surface area contributed by atoms with Crippen molar-refractivity contribution < 1.29 is 19.1 Å². The molecule has 0 atom stereocenters. The van der Waals surface area contributed by atoms with Crippen LogP contribution in [0.3, 0.4) is 0 Å². The number of anilines is 2. The Morgan fingerprint density at radius 3 is 2.16 bits per heavy atom. The van der Waals surface area contributed by atoms with Gasteiger partial charge in [0, 0.05) is 16.6 Å². The standard InChI is InChI=1S/C30H32N4O4/c1-29(2,3)21-14-11-19(12-15-21)26(35)33-24-10-8-7-9-23(24)27(36)32-22-16-13-20-18-31-34(25(20)17-22)28(37)38-30(4,5)6/h7-18H,1-6H3,(H,32,36)(H,33,35). The highest BCUT2D eigenvalue weighted by Gasteiger charge is 2.21. The van der Waals surface area contributed by atoms with E-state index in [-0.39, 0.29) is 11.3 Å². The first-order valence-corrected chi connectivity index (χ1v) is 12.4. The fraction of sp³-hybridized carbons (Fsp3) is 0.267. The third kappa shape index (κ3) is 6.08. The molecular formula is C30H32N4O4. The number of ether oxygens (including phenoxy) is 1. The Kier molecular flexibility index (Phi) is 7.09. The molecule has 0 fully saturated rings. The van der Waals surface area contributed by atoms with Gasteiger partial charge in [0.2, 0.25) is 0 Å². The molecule has 0 saturated carbocycles. The topological polar surface area (TPSA) is 102 Å². The van der Waals surface area contributed by atoms with Crippen LogP contribution in [0.5, 0.6) is 0 Å². The molecule has 0 unspecified atom stereocenters. The Bertz CT molecular complexity index is 1510. The summed E-state index contributed by atoms with van der Waals surface area (Å²) in [6, 6.07) is 19.4. The number of hydrogen-bond acceptors (Lipinski definition) is 5. The van der Waals surface area contributed by atoms with Gasteiger partial charge in [0.25, 0.3) is 11.8 Å². The number of benzene rings is 3. The van der Waals surface area contributed by atoms with E-state index in [1.807, 2.05) is 12.1 Å². The van der Waals surface area contributed by atoms with E-state index in [1.165, 1.54) is 0 Å². The molecule has 1 heterocycles. The normalized spacial score (nSPS) is 11.7. The lowest BCUT2D eigenvalue weighted by molar-refractivity contribution is 0.0522. The lowest BCUT2D eigenvalue weighted by Crippen LogP contribution is -2.27. The van der Waals surface area contributed by atoms with E-state index in [1.54, 1.807) is 81.6 Å². The van der Waals surface area contributed by atoms with Gasteiger partial charge < -0.3 is 15.4 Å². The van der Waals surface area contributed by atoms with Crippen molar-refractivity contribution in [2.45, 2.75) is 52.6 Å². The van der Waals surface area contributed by atoms with E-state index in [9.17, 15) is 14.4 Å². The first kappa shape index (κ1) is 26.6. The molecular weight excluding hydrogens is 480 g/mol. The summed E-state index contributed by atoms with van der Waals surface area (Å²) >= 11 is 0. The van der Waals surface area contributed by atoms with E-state index >= 15 is 0 Å². The maximum atomic E-state index is 13.2. The van der Waals surface area contributed by atoms with Crippen molar-refractivity contribution in [1.29, 1.82) is 0 Å². The SMILES string of the molecule is CC(C)(C)OC(=O)n1ncc2ccc(NC(=O)c3ccccc3NC(=O)c3ccc(C(C)(C)C)cc3)cc21. The van der Waals surface area contributed by atoms with Gasteiger partial charge in [-0.3, -0.25) is 9.59 Å². The molecule has 0 aliphatic rings. The zero-order valence-electron chi connectivity index (χ0n) is 22.5. The highest BCUT2D eigenvalue weighted by molar-refractivity contribution is 6.12. The van der Waals surface area contributed by atoms with Crippen LogP contribution in [-0.2, 0) is 10.2 Å². The summed E-state index contributed by atoms with van der Waals surface area (Å²) in [4.78, 5) is 38.7. The molecule has 8 nitrogen and oxygen atoms in total. The zero-order chi connectivity index (χ0) is 27.7. The number of nitrogens with one attached hydrogen (secondary N) is 2. The predicted molar refractivity (Wildman–Crippen MR) is 149 cm³/mol. The Hall–Kier alpha value is -4.46. The lowest BCUT2D eigenvalue weighted by Gasteiger charge is -2.19. The van der Waals surface area contributed by atoms with Gasteiger partial charge in [0.1, 0.15) is 5.60 Å². The van der Waals surface area contributed by atoms with Crippen LogP contribution in [0.15, 0.2) is 72.9 Å². The molecule has 38 heavy (non-hydrogen) atoms. The van der Waals surface area contributed by atoms with Gasteiger partial charge in [0.05, 0.1) is 23.0 Å². The number of amides is 2. The number of hydrogen-bond donors (Lipinski definition) is 2. The number of carbonyl (C=O) groups excluding carboxylic acids is 3. The minimum Gasteiger partial charge on any atom is -0.442 e. The molecule has 196 valence electrons. The number of carbonyl (C=O) groups is 3. The zero-order valence-corrected chi connectivity index (χ0v) is 22.5. The largest absolute Gasteiger partial charge is 0.442 e. The van der Waals surface area contributed by atoms with Crippen LogP contribution in [0.1, 0.15) is 67.8 Å². The van der Waals surface area contributed by atoms with E-state index < -0.39 is 17.6 Å². The maximum absolute atomic E-state index is 13.2. The molecule has 0 spiro atoms. The summed E-state index contributed by atoms with van der Waals surface area (Å²) in [6.45, 7) is 11.7. The minimum absolute atomic E-state index is 0.0205. The number of nitrogens with zero attached hydrogens (tertiary/aromatic N) is 2. The predicted octanol–water partition coefficient (Wildman–Crippen LogP) is 6.62. The number of fused-ring (bicyclic) bond motifs is 1. The lowest BCUT2D eigenvalue weighted by atomic mass is 9.86. The third-order valence-corrected chi connectivity index (χ3v) is 5.83. The first-order chi connectivity index (χ1) is 17.8. The summed E-state index contributed by atoms with van der Waals surface area (Å²) in [7, 11) is 0. The number of para-hydroxylation sites is 1.